The maximum Gasteiger partial charge on any atom is 0.242 e. The Balaban J connectivity index is 2.26. The topological polar surface area (TPSA) is 105 Å². The Bertz CT molecular complexity index is 1150. The zero-order valence-corrected chi connectivity index (χ0v) is 23.9. The summed E-state index contributed by atoms with van der Waals surface area (Å²) in [5.41, 5.74) is 1.27. The van der Waals surface area contributed by atoms with Crippen molar-refractivity contribution in [2.24, 2.45) is 0 Å². The van der Waals surface area contributed by atoms with Crippen LogP contribution in [0.3, 0.4) is 0 Å². The van der Waals surface area contributed by atoms with E-state index in [-0.39, 0.29) is 37.7 Å². The Hall–Kier alpha value is -3.27. The highest BCUT2D eigenvalue weighted by Crippen LogP contribution is 2.30. The monoisotopic (exact) mass is 547 g/mol. The molecule has 2 amide bonds. The SMILES string of the molecule is CCCNC(=O)[C@@H](CC)N(Cc1cccc(OC)c1)C(=O)CCCN(c1ccccc1OCC)S(C)(=O)=O. The second-order valence-electron chi connectivity index (χ2n) is 8.93. The van der Waals surface area contributed by atoms with Crippen LogP contribution in [-0.4, -0.2) is 64.2 Å². The first-order valence-corrected chi connectivity index (χ1v) is 14.9. The summed E-state index contributed by atoms with van der Waals surface area (Å²) in [5.74, 6) is 0.701. The minimum absolute atomic E-state index is 0.0738. The quantitative estimate of drug-likeness (QED) is 0.341. The molecule has 9 nitrogen and oxygen atoms in total. The summed E-state index contributed by atoms with van der Waals surface area (Å²) >= 11 is 0. The van der Waals surface area contributed by atoms with Gasteiger partial charge in [-0.25, -0.2) is 8.42 Å². The van der Waals surface area contributed by atoms with Crippen molar-refractivity contribution in [3.05, 3.63) is 54.1 Å². The van der Waals surface area contributed by atoms with Crippen LogP contribution in [0.2, 0.25) is 0 Å². The number of hydrogen-bond donors (Lipinski definition) is 1. The number of amides is 2. The maximum absolute atomic E-state index is 13.5. The number of rotatable bonds is 16. The summed E-state index contributed by atoms with van der Waals surface area (Å²) in [6.45, 7) is 6.93. The van der Waals surface area contributed by atoms with E-state index in [1.165, 1.54) is 4.31 Å². The van der Waals surface area contributed by atoms with Gasteiger partial charge in [-0.3, -0.25) is 13.9 Å². The van der Waals surface area contributed by atoms with Gasteiger partial charge in [-0.15, -0.1) is 0 Å². The number of sulfonamides is 1. The van der Waals surface area contributed by atoms with Crippen LogP contribution < -0.4 is 19.1 Å². The standard InChI is InChI=1S/C28H41N3O6S/c1-6-18-29-28(33)24(7-2)30(21-22-13-11-14-23(20-22)36-4)27(32)17-12-19-31(38(5,34)35)25-15-9-10-16-26(25)37-8-3/h9-11,13-16,20,24H,6-8,12,17-19,21H2,1-5H3,(H,29,33)/t24-/m1/s1. The number of nitrogens with zero attached hydrogens (tertiary/aromatic N) is 2. The van der Waals surface area contributed by atoms with Crippen molar-refractivity contribution >= 4 is 27.5 Å². The molecule has 0 saturated heterocycles. The molecule has 2 rings (SSSR count). The van der Waals surface area contributed by atoms with Gasteiger partial charge < -0.3 is 19.7 Å². The number of methoxy groups -OCH3 is 1. The molecule has 0 radical (unpaired) electrons. The molecule has 0 aliphatic carbocycles. The third-order valence-corrected chi connectivity index (χ3v) is 7.19. The van der Waals surface area contributed by atoms with Crippen molar-refractivity contribution in [1.82, 2.24) is 10.2 Å². The van der Waals surface area contributed by atoms with Crippen molar-refractivity contribution in [3.8, 4) is 11.5 Å². The first kappa shape index (κ1) is 31.0. The van der Waals surface area contributed by atoms with E-state index in [4.69, 9.17) is 9.47 Å². The number of nitrogens with one attached hydrogen (secondary N) is 1. The molecular weight excluding hydrogens is 506 g/mol. The molecule has 2 aromatic rings. The summed E-state index contributed by atoms with van der Waals surface area (Å²) in [6, 6.07) is 13.7. The van der Waals surface area contributed by atoms with E-state index in [9.17, 15) is 18.0 Å². The molecule has 2 aromatic carbocycles. The van der Waals surface area contributed by atoms with Crippen LogP contribution >= 0.6 is 0 Å². The van der Waals surface area contributed by atoms with Crippen LogP contribution in [0.4, 0.5) is 5.69 Å². The molecular formula is C28H41N3O6S. The molecule has 1 atom stereocenters. The number of anilines is 1. The molecule has 0 heterocycles. The van der Waals surface area contributed by atoms with Crippen molar-refractivity contribution in [2.75, 3.05) is 37.4 Å². The van der Waals surface area contributed by atoms with E-state index >= 15 is 0 Å². The van der Waals surface area contributed by atoms with Gasteiger partial charge in [0.2, 0.25) is 21.8 Å². The second kappa shape index (κ2) is 15.2. The highest BCUT2D eigenvalue weighted by Gasteiger charge is 2.29. The number of carbonyl (C=O) groups is 2. The largest absolute Gasteiger partial charge is 0.497 e. The average molecular weight is 548 g/mol. The zero-order chi connectivity index (χ0) is 28.1. The van der Waals surface area contributed by atoms with Crippen LogP contribution in [0.1, 0.15) is 52.0 Å². The van der Waals surface area contributed by atoms with Gasteiger partial charge >= 0.3 is 0 Å². The Labute approximate surface area is 227 Å². The fourth-order valence-corrected chi connectivity index (χ4v) is 5.15. The summed E-state index contributed by atoms with van der Waals surface area (Å²) < 4.78 is 37.5. The molecule has 0 bridgehead atoms. The molecule has 0 spiro atoms. The van der Waals surface area contributed by atoms with E-state index in [2.05, 4.69) is 5.32 Å². The van der Waals surface area contributed by atoms with Crippen LogP contribution in [0.5, 0.6) is 11.5 Å². The van der Waals surface area contributed by atoms with Crippen LogP contribution in [0, 0.1) is 0 Å². The molecule has 10 heteroatoms. The number of para-hydroxylation sites is 2. The fraction of sp³-hybridized carbons (Fsp3) is 0.500. The normalized spacial score (nSPS) is 11.9. The number of carbonyl (C=O) groups excluding carboxylic acids is 2. The van der Waals surface area contributed by atoms with Crippen LogP contribution in [-0.2, 0) is 26.2 Å². The van der Waals surface area contributed by atoms with Gasteiger partial charge in [0.1, 0.15) is 17.5 Å². The number of ether oxygens (including phenoxy) is 2. The van der Waals surface area contributed by atoms with Crippen molar-refractivity contribution in [3.63, 3.8) is 0 Å². The third-order valence-electron chi connectivity index (χ3n) is 6.01. The van der Waals surface area contributed by atoms with Crippen molar-refractivity contribution < 1.29 is 27.5 Å². The summed E-state index contributed by atoms with van der Waals surface area (Å²) in [4.78, 5) is 28.1. The van der Waals surface area contributed by atoms with E-state index in [1.807, 2.05) is 45.0 Å². The first-order chi connectivity index (χ1) is 18.2. The lowest BCUT2D eigenvalue weighted by atomic mass is 10.1. The summed E-state index contributed by atoms with van der Waals surface area (Å²) in [7, 11) is -2.05. The van der Waals surface area contributed by atoms with Gasteiger partial charge in [-0.2, -0.15) is 0 Å². The van der Waals surface area contributed by atoms with Gasteiger partial charge in [0.15, 0.2) is 0 Å². The summed E-state index contributed by atoms with van der Waals surface area (Å²) in [6.07, 6.45) is 2.72. The average Bonchev–Trinajstić information content (AvgIpc) is 2.89. The molecule has 0 unspecified atom stereocenters. The Morgan fingerprint density at radius 2 is 1.79 bits per heavy atom. The highest BCUT2D eigenvalue weighted by molar-refractivity contribution is 7.92. The molecule has 0 aromatic heterocycles. The van der Waals surface area contributed by atoms with E-state index in [0.717, 1.165) is 18.2 Å². The molecule has 210 valence electrons. The number of hydrogen-bond acceptors (Lipinski definition) is 6. The van der Waals surface area contributed by atoms with Crippen molar-refractivity contribution in [1.29, 1.82) is 0 Å². The van der Waals surface area contributed by atoms with Gasteiger partial charge in [0.05, 0.1) is 25.7 Å². The minimum atomic E-state index is -3.63. The Morgan fingerprint density at radius 3 is 2.42 bits per heavy atom. The lowest BCUT2D eigenvalue weighted by Gasteiger charge is -2.31. The lowest BCUT2D eigenvalue weighted by molar-refractivity contribution is -0.141. The fourth-order valence-electron chi connectivity index (χ4n) is 4.18. The second-order valence-corrected chi connectivity index (χ2v) is 10.8. The molecule has 0 aliphatic heterocycles. The predicted molar refractivity (Wildman–Crippen MR) is 150 cm³/mol. The van der Waals surface area contributed by atoms with Crippen LogP contribution in [0.15, 0.2) is 48.5 Å². The lowest BCUT2D eigenvalue weighted by Crippen LogP contribution is -2.49. The van der Waals surface area contributed by atoms with Gasteiger partial charge in [0.25, 0.3) is 0 Å². The highest BCUT2D eigenvalue weighted by atomic mass is 32.2. The zero-order valence-electron chi connectivity index (χ0n) is 23.1. The molecule has 1 N–H and O–H groups in total. The smallest absolute Gasteiger partial charge is 0.242 e. The van der Waals surface area contributed by atoms with E-state index in [0.29, 0.717) is 36.8 Å². The molecule has 38 heavy (non-hydrogen) atoms. The van der Waals surface area contributed by atoms with Gasteiger partial charge in [-0.05, 0) is 56.0 Å². The van der Waals surface area contributed by atoms with E-state index < -0.39 is 16.1 Å². The third kappa shape index (κ3) is 8.93. The van der Waals surface area contributed by atoms with E-state index in [1.54, 1.807) is 36.3 Å². The Morgan fingerprint density at radius 1 is 1.05 bits per heavy atom. The molecule has 0 fully saturated rings. The number of benzene rings is 2. The van der Waals surface area contributed by atoms with Crippen molar-refractivity contribution in [2.45, 2.75) is 59.0 Å². The predicted octanol–water partition coefficient (Wildman–Crippen LogP) is 3.97. The first-order valence-electron chi connectivity index (χ1n) is 13.1. The Kier molecular flexibility index (Phi) is 12.4. The van der Waals surface area contributed by atoms with Crippen LogP contribution in [0.25, 0.3) is 0 Å². The maximum atomic E-state index is 13.5. The summed E-state index contributed by atoms with van der Waals surface area (Å²) in [5, 5.41) is 2.90. The molecule has 0 aliphatic rings. The van der Waals surface area contributed by atoms with Gasteiger partial charge in [0, 0.05) is 26.1 Å². The van der Waals surface area contributed by atoms with Gasteiger partial charge in [-0.1, -0.05) is 38.1 Å². The molecule has 0 saturated carbocycles. The minimum Gasteiger partial charge on any atom is -0.497 e.